The molecule has 2 aliphatic rings. The maximum Gasteiger partial charge on any atom is 0.325 e. The molecule has 0 radical (unpaired) electrons. The van der Waals surface area contributed by atoms with E-state index in [4.69, 9.17) is 5.53 Å². The van der Waals surface area contributed by atoms with Crippen LogP contribution in [0.5, 0.6) is 0 Å². The van der Waals surface area contributed by atoms with Gasteiger partial charge in [-0.05, 0) is 31.7 Å². The van der Waals surface area contributed by atoms with Crippen LogP contribution in [0.15, 0.2) is 5.11 Å². The number of nitrogens with zero attached hydrogens (tertiary/aromatic N) is 4. The zero-order valence-corrected chi connectivity index (χ0v) is 10.5. The fourth-order valence-corrected chi connectivity index (χ4v) is 2.80. The Morgan fingerprint density at radius 3 is 2.94 bits per heavy atom. The van der Waals surface area contributed by atoms with E-state index in [9.17, 15) is 9.90 Å². The predicted molar refractivity (Wildman–Crippen MR) is 66.2 cm³/mol. The summed E-state index contributed by atoms with van der Waals surface area (Å²) < 4.78 is 0. The van der Waals surface area contributed by atoms with Crippen molar-refractivity contribution in [2.24, 2.45) is 5.11 Å². The van der Waals surface area contributed by atoms with Crippen LogP contribution >= 0.6 is 0 Å². The highest BCUT2D eigenvalue weighted by molar-refractivity contribution is 5.80. The van der Waals surface area contributed by atoms with Crippen LogP contribution in [-0.4, -0.2) is 53.2 Å². The number of hydrogen-bond acceptors (Lipinski definition) is 4. The lowest BCUT2D eigenvalue weighted by Gasteiger charge is -2.26. The molecule has 1 saturated heterocycles. The van der Waals surface area contributed by atoms with Crippen molar-refractivity contribution in [3.63, 3.8) is 0 Å². The van der Waals surface area contributed by atoms with Crippen LogP contribution in [0.1, 0.15) is 26.2 Å². The van der Waals surface area contributed by atoms with Crippen LogP contribution in [0, 0.1) is 0 Å². The summed E-state index contributed by atoms with van der Waals surface area (Å²) >= 11 is 0. The van der Waals surface area contributed by atoms with Gasteiger partial charge in [0.1, 0.15) is 5.54 Å². The van der Waals surface area contributed by atoms with Gasteiger partial charge in [0.2, 0.25) is 0 Å². The summed E-state index contributed by atoms with van der Waals surface area (Å²) in [6, 6.07) is 0.862. The van der Waals surface area contributed by atoms with Crippen LogP contribution in [0.4, 0.5) is 0 Å². The quantitative estimate of drug-likeness (QED) is 0.318. The third-order valence-corrected chi connectivity index (χ3v) is 3.83. The monoisotopic (exact) mass is 253 g/mol. The van der Waals surface area contributed by atoms with E-state index in [2.05, 4.69) is 27.2 Å². The largest absolute Gasteiger partial charge is 0.480 e. The number of carboxylic acids is 1. The summed E-state index contributed by atoms with van der Waals surface area (Å²) in [5.74, 6) is -0.807. The Bertz CT molecular complexity index is 378. The van der Waals surface area contributed by atoms with Crippen molar-refractivity contribution < 1.29 is 9.90 Å². The smallest absolute Gasteiger partial charge is 0.325 e. The molecule has 0 amide bonds. The normalized spacial score (nSPS) is 32.2. The van der Waals surface area contributed by atoms with Gasteiger partial charge in [0.25, 0.3) is 0 Å². The standard InChI is InChI=1S/C11H19N5O2/c1-8-6-11(10(17)18,13-4-5-14-15-12)7-16(8)9-2-3-9/h8-9,13H,2-7H2,1H3,(H,17,18). The summed E-state index contributed by atoms with van der Waals surface area (Å²) in [6.45, 7) is 3.31. The Morgan fingerprint density at radius 2 is 2.39 bits per heavy atom. The van der Waals surface area contributed by atoms with Gasteiger partial charge >= 0.3 is 5.97 Å². The molecule has 2 rings (SSSR count). The van der Waals surface area contributed by atoms with Crippen LogP contribution in [0.2, 0.25) is 0 Å². The van der Waals surface area contributed by atoms with E-state index < -0.39 is 11.5 Å². The molecule has 1 heterocycles. The summed E-state index contributed by atoms with van der Waals surface area (Å²) in [5, 5.41) is 16.0. The molecule has 0 aromatic heterocycles. The number of aliphatic carboxylic acids is 1. The molecule has 2 N–H and O–H groups in total. The van der Waals surface area contributed by atoms with Crippen LogP contribution in [0.25, 0.3) is 10.4 Å². The van der Waals surface area contributed by atoms with Gasteiger partial charge in [0.05, 0.1) is 0 Å². The van der Waals surface area contributed by atoms with E-state index >= 15 is 0 Å². The Labute approximate surface area is 106 Å². The molecule has 2 atom stereocenters. The molecule has 0 spiro atoms. The maximum atomic E-state index is 11.5. The van der Waals surface area contributed by atoms with Gasteiger partial charge in [-0.3, -0.25) is 9.69 Å². The SMILES string of the molecule is CC1CC(NCCN=[N+]=[N-])(C(=O)O)CN1C1CC1. The molecular formula is C11H19N5O2. The van der Waals surface area contributed by atoms with Crippen molar-refractivity contribution in [2.45, 2.75) is 43.8 Å². The summed E-state index contributed by atoms with van der Waals surface area (Å²) in [5.41, 5.74) is 7.32. The number of carboxylic acid groups (broad SMARTS) is 1. The molecule has 0 aromatic carbocycles. The summed E-state index contributed by atoms with van der Waals surface area (Å²) in [6.07, 6.45) is 2.96. The molecule has 100 valence electrons. The van der Waals surface area contributed by atoms with Crippen molar-refractivity contribution in [3.8, 4) is 0 Å². The first-order valence-electron chi connectivity index (χ1n) is 6.34. The Kier molecular flexibility index (Phi) is 3.75. The van der Waals surface area contributed by atoms with Crippen molar-refractivity contribution >= 4 is 5.97 Å². The summed E-state index contributed by atoms with van der Waals surface area (Å²) in [4.78, 5) is 16.5. The molecule has 2 fully saturated rings. The third-order valence-electron chi connectivity index (χ3n) is 3.83. The minimum Gasteiger partial charge on any atom is -0.480 e. The Hall–Kier alpha value is -1.30. The molecule has 7 nitrogen and oxygen atoms in total. The van der Waals surface area contributed by atoms with E-state index in [1.54, 1.807) is 0 Å². The first-order chi connectivity index (χ1) is 8.59. The Balaban J connectivity index is 1.99. The minimum atomic E-state index is -0.882. The number of hydrogen-bond donors (Lipinski definition) is 2. The summed E-state index contributed by atoms with van der Waals surface area (Å²) in [7, 11) is 0. The van der Waals surface area contributed by atoms with Crippen LogP contribution in [0.3, 0.4) is 0 Å². The van der Waals surface area contributed by atoms with Crippen LogP contribution in [-0.2, 0) is 4.79 Å². The average molecular weight is 253 g/mol. The van der Waals surface area contributed by atoms with E-state index in [0.717, 1.165) is 0 Å². The fourth-order valence-electron chi connectivity index (χ4n) is 2.80. The molecule has 1 aliphatic heterocycles. The van der Waals surface area contributed by atoms with Gasteiger partial charge in [-0.15, -0.1) is 0 Å². The molecule has 0 bridgehead atoms. The van der Waals surface area contributed by atoms with Crippen molar-refractivity contribution in [2.75, 3.05) is 19.6 Å². The van der Waals surface area contributed by atoms with Gasteiger partial charge in [-0.2, -0.15) is 0 Å². The highest BCUT2D eigenvalue weighted by Gasteiger charge is 2.51. The van der Waals surface area contributed by atoms with Gasteiger partial charge < -0.3 is 10.4 Å². The lowest BCUT2D eigenvalue weighted by molar-refractivity contribution is -0.144. The van der Waals surface area contributed by atoms with Gasteiger partial charge in [0, 0.05) is 36.6 Å². The highest BCUT2D eigenvalue weighted by Crippen LogP contribution is 2.37. The Morgan fingerprint density at radius 1 is 1.67 bits per heavy atom. The number of rotatable bonds is 6. The highest BCUT2D eigenvalue weighted by atomic mass is 16.4. The van der Waals surface area contributed by atoms with Crippen molar-refractivity contribution in [1.82, 2.24) is 10.2 Å². The lowest BCUT2D eigenvalue weighted by atomic mass is 9.96. The van der Waals surface area contributed by atoms with Crippen molar-refractivity contribution in [1.29, 1.82) is 0 Å². The molecule has 18 heavy (non-hydrogen) atoms. The molecule has 7 heteroatoms. The number of likely N-dealkylation sites (tertiary alicyclic amines) is 1. The maximum absolute atomic E-state index is 11.5. The van der Waals surface area contributed by atoms with Crippen molar-refractivity contribution in [3.05, 3.63) is 10.4 Å². The van der Waals surface area contributed by atoms with E-state index in [1.165, 1.54) is 12.8 Å². The fraction of sp³-hybridized carbons (Fsp3) is 0.909. The van der Waals surface area contributed by atoms with E-state index in [-0.39, 0.29) is 6.54 Å². The van der Waals surface area contributed by atoms with E-state index in [1.807, 2.05) is 0 Å². The minimum absolute atomic E-state index is 0.281. The van der Waals surface area contributed by atoms with Gasteiger partial charge in [0.15, 0.2) is 0 Å². The molecule has 0 aromatic rings. The second kappa shape index (κ2) is 5.14. The van der Waals surface area contributed by atoms with E-state index in [0.29, 0.717) is 31.6 Å². The average Bonchev–Trinajstić information content (AvgIpc) is 3.10. The molecule has 2 unspecified atom stereocenters. The van der Waals surface area contributed by atoms with Crippen LogP contribution < -0.4 is 5.32 Å². The second-order valence-corrected chi connectivity index (χ2v) is 5.23. The van der Waals surface area contributed by atoms with Gasteiger partial charge in [-0.1, -0.05) is 5.11 Å². The number of azide groups is 1. The van der Waals surface area contributed by atoms with Gasteiger partial charge in [-0.25, -0.2) is 0 Å². The zero-order valence-electron chi connectivity index (χ0n) is 10.5. The topological polar surface area (TPSA) is 101 Å². The number of nitrogens with one attached hydrogen (secondary N) is 1. The number of carbonyl (C=O) groups is 1. The molecular weight excluding hydrogens is 234 g/mol. The first kappa shape index (κ1) is 13.1. The lowest BCUT2D eigenvalue weighted by Crippen LogP contribution is -2.54. The first-order valence-corrected chi connectivity index (χ1v) is 6.34. The third kappa shape index (κ3) is 2.58. The zero-order chi connectivity index (χ0) is 13.2. The second-order valence-electron chi connectivity index (χ2n) is 5.23. The predicted octanol–water partition coefficient (Wildman–Crippen LogP) is 0.966. The molecule has 1 saturated carbocycles. The molecule has 1 aliphatic carbocycles.